The summed E-state index contributed by atoms with van der Waals surface area (Å²) in [5.41, 5.74) is 0. The van der Waals surface area contributed by atoms with E-state index in [1.807, 2.05) is 11.8 Å². The monoisotopic (exact) mass is 214 g/mol. The Morgan fingerprint density at radius 3 is 2.47 bits per heavy atom. The van der Waals surface area contributed by atoms with Gasteiger partial charge in [0.1, 0.15) is 0 Å². The molecule has 1 aliphatic rings. The highest BCUT2D eigenvalue weighted by molar-refractivity contribution is 5.74. The van der Waals surface area contributed by atoms with Gasteiger partial charge in [0.15, 0.2) is 0 Å². The van der Waals surface area contributed by atoms with Gasteiger partial charge in [-0.05, 0) is 19.3 Å². The summed E-state index contributed by atoms with van der Waals surface area (Å²) < 4.78 is 0. The predicted molar refractivity (Wildman–Crippen MR) is 59.7 cm³/mol. The van der Waals surface area contributed by atoms with Crippen LogP contribution < -0.4 is 5.32 Å². The van der Waals surface area contributed by atoms with Gasteiger partial charge in [0, 0.05) is 19.6 Å². The lowest BCUT2D eigenvalue weighted by Gasteiger charge is -2.21. The molecule has 0 radical (unpaired) electrons. The minimum atomic E-state index is -0.416. The number of aliphatic hydroxyl groups excluding tert-OH is 1. The highest BCUT2D eigenvalue weighted by atomic mass is 16.3. The first-order chi connectivity index (χ1) is 7.24. The van der Waals surface area contributed by atoms with E-state index in [0.717, 1.165) is 25.9 Å². The lowest BCUT2D eigenvalue weighted by Crippen LogP contribution is -2.43. The van der Waals surface area contributed by atoms with Gasteiger partial charge in [-0.3, -0.25) is 0 Å². The second-order valence-corrected chi connectivity index (χ2v) is 4.15. The Balaban J connectivity index is 2.25. The van der Waals surface area contributed by atoms with Crippen molar-refractivity contribution in [1.29, 1.82) is 0 Å². The molecule has 0 aromatic rings. The van der Waals surface area contributed by atoms with Gasteiger partial charge in [-0.1, -0.05) is 19.8 Å². The van der Waals surface area contributed by atoms with Crippen LogP contribution in [0.25, 0.3) is 0 Å². The molecule has 1 fully saturated rings. The van der Waals surface area contributed by atoms with Gasteiger partial charge in [0.25, 0.3) is 0 Å². The maximum absolute atomic E-state index is 11.7. The van der Waals surface area contributed by atoms with Gasteiger partial charge in [-0.15, -0.1) is 0 Å². The molecule has 0 aliphatic carbocycles. The predicted octanol–water partition coefficient (Wildman–Crippen LogP) is 1.34. The summed E-state index contributed by atoms with van der Waals surface area (Å²) in [6.45, 7) is 3.98. The number of aliphatic hydroxyl groups is 1. The van der Waals surface area contributed by atoms with Gasteiger partial charge in [-0.2, -0.15) is 0 Å². The molecule has 4 heteroatoms. The maximum Gasteiger partial charge on any atom is 0.317 e. The molecular formula is C11H22N2O2. The molecule has 0 bridgehead atoms. The van der Waals surface area contributed by atoms with Gasteiger partial charge in [-0.25, -0.2) is 4.79 Å². The van der Waals surface area contributed by atoms with E-state index < -0.39 is 6.10 Å². The van der Waals surface area contributed by atoms with Gasteiger partial charge < -0.3 is 15.3 Å². The quantitative estimate of drug-likeness (QED) is 0.745. The standard InChI is InChI=1S/C11H22N2O2/c1-2-10(14)9-12-11(15)13-7-5-3-4-6-8-13/h10,14H,2-9H2,1H3,(H,12,15). The third-order valence-corrected chi connectivity index (χ3v) is 2.85. The van der Waals surface area contributed by atoms with E-state index >= 15 is 0 Å². The van der Waals surface area contributed by atoms with Crippen molar-refractivity contribution < 1.29 is 9.90 Å². The maximum atomic E-state index is 11.7. The molecule has 2 N–H and O–H groups in total. The third kappa shape index (κ3) is 4.51. The number of nitrogens with zero attached hydrogens (tertiary/aromatic N) is 1. The number of amides is 2. The second-order valence-electron chi connectivity index (χ2n) is 4.15. The fourth-order valence-electron chi connectivity index (χ4n) is 1.74. The van der Waals surface area contributed by atoms with Crippen LogP contribution in [0.4, 0.5) is 4.79 Å². The summed E-state index contributed by atoms with van der Waals surface area (Å²) in [6.07, 6.45) is 4.91. The molecule has 1 rings (SSSR count). The van der Waals surface area contributed by atoms with E-state index in [9.17, 15) is 9.90 Å². The number of hydrogen-bond acceptors (Lipinski definition) is 2. The molecule has 1 aliphatic heterocycles. The van der Waals surface area contributed by atoms with Crippen molar-refractivity contribution in [2.45, 2.75) is 45.1 Å². The van der Waals surface area contributed by atoms with Crippen LogP contribution >= 0.6 is 0 Å². The van der Waals surface area contributed by atoms with Crippen molar-refractivity contribution >= 4 is 6.03 Å². The largest absolute Gasteiger partial charge is 0.391 e. The molecular weight excluding hydrogens is 192 g/mol. The third-order valence-electron chi connectivity index (χ3n) is 2.85. The van der Waals surface area contributed by atoms with Gasteiger partial charge in [0.2, 0.25) is 0 Å². The minimum absolute atomic E-state index is 0.0237. The molecule has 15 heavy (non-hydrogen) atoms. The molecule has 1 saturated heterocycles. The molecule has 0 saturated carbocycles. The van der Waals surface area contributed by atoms with Crippen LogP contribution in [0.1, 0.15) is 39.0 Å². The lowest BCUT2D eigenvalue weighted by molar-refractivity contribution is 0.157. The normalized spacial score (nSPS) is 19.5. The number of hydrogen-bond donors (Lipinski definition) is 2. The highest BCUT2D eigenvalue weighted by Crippen LogP contribution is 2.09. The van der Waals surface area contributed by atoms with E-state index in [0.29, 0.717) is 13.0 Å². The molecule has 0 spiro atoms. The Morgan fingerprint density at radius 2 is 1.93 bits per heavy atom. The summed E-state index contributed by atoms with van der Waals surface area (Å²) in [6, 6.07) is -0.0237. The smallest absolute Gasteiger partial charge is 0.317 e. The van der Waals surface area contributed by atoms with Gasteiger partial charge in [0.05, 0.1) is 6.10 Å². The number of nitrogens with one attached hydrogen (secondary N) is 1. The van der Waals surface area contributed by atoms with E-state index in [4.69, 9.17) is 0 Å². The Kier molecular flexibility index (Phi) is 5.47. The zero-order chi connectivity index (χ0) is 11.1. The summed E-state index contributed by atoms with van der Waals surface area (Å²) in [5, 5.41) is 12.1. The number of carbonyl (C=O) groups is 1. The van der Waals surface area contributed by atoms with Gasteiger partial charge >= 0.3 is 6.03 Å². The summed E-state index contributed by atoms with van der Waals surface area (Å²) in [7, 11) is 0. The molecule has 1 atom stereocenters. The van der Waals surface area contributed by atoms with E-state index in [1.54, 1.807) is 0 Å². The molecule has 1 unspecified atom stereocenters. The molecule has 4 nitrogen and oxygen atoms in total. The van der Waals surface area contributed by atoms with Crippen molar-refractivity contribution in [3.05, 3.63) is 0 Å². The SMILES string of the molecule is CCC(O)CNC(=O)N1CCCCCC1. The molecule has 0 aromatic carbocycles. The molecule has 2 amide bonds. The summed E-state index contributed by atoms with van der Waals surface area (Å²) in [4.78, 5) is 13.5. The number of likely N-dealkylation sites (tertiary alicyclic amines) is 1. The average molecular weight is 214 g/mol. The van der Waals surface area contributed by atoms with Crippen LogP contribution in [0, 0.1) is 0 Å². The minimum Gasteiger partial charge on any atom is -0.391 e. The molecule has 0 aromatic heterocycles. The second kappa shape index (κ2) is 6.67. The number of carbonyl (C=O) groups excluding carboxylic acids is 1. The van der Waals surface area contributed by atoms with Crippen LogP contribution in [0.3, 0.4) is 0 Å². The van der Waals surface area contributed by atoms with Crippen LogP contribution in [-0.2, 0) is 0 Å². The number of urea groups is 1. The van der Waals surface area contributed by atoms with Crippen molar-refractivity contribution in [2.24, 2.45) is 0 Å². The highest BCUT2D eigenvalue weighted by Gasteiger charge is 2.15. The zero-order valence-corrected chi connectivity index (χ0v) is 9.54. The zero-order valence-electron chi connectivity index (χ0n) is 9.54. The van der Waals surface area contributed by atoms with Crippen molar-refractivity contribution in [2.75, 3.05) is 19.6 Å². The van der Waals surface area contributed by atoms with E-state index in [1.165, 1.54) is 12.8 Å². The number of rotatable bonds is 3. The van der Waals surface area contributed by atoms with Crippen molar-refractivity contribution in [1.82, 2.24) is 10.2 Å². The summed E-state index contributed by atoms with van der Waals surface area (Å²) >= 11 is 0. The first kappa shape index (κ1) is 12.3. The van der Waals surface area contributed by atoms with E-state index in [2.05, 4.69) is 5.32 Å². The Morgan fingerprint density at radius 1 is 1.33 bits per heavy atom. The lowest BCUT2D eigenvalue weighted by atomic mass is 10.2. The fraction of sp³-hybridized carbons (Fsp3) is 0.909. The van der Waals surface area contributed by atoms with E-state index in [-0.39, 0.29) is 6.03 Å². The molecule has 88 valence electrons. The Bertz CT molecular complexity index is 189. The fourth-order valence-corrected chi connectivity index (χ4v) is 1.74. The first-order valence-corrected chi connectivity index (χ1v) is 5.95. The van der Waals surface area contributed by atoms with Crippen molar-refractivity contribution in [3.63, 3.8) is 0 Å². The Hall–Kier alpha value is -0.770. The van der Waals surface area contributed by atoms with Crippen molar-refractivity contribution in [3.8, 4) is 0 Å². The summed E-state index contributed by atoms with van der Waals surface area (Å²) in [5.74, 6) is 0. The van der Waals surface area contributed by atoms with Crippen LogP contribution in [-0.4, -0.2) is 41.8 Å². The first-order valence-electron chi connectivity index (χ1n) is 5.95. The van der Waals surface area contributed by atoms with Crippen LogP contribution in [0.2, 0.25) is 0 Å². The average Bonchev–Trinajstić information content (AvgIpc) is 2.53. The Labute approximate surface area is 91.6 Å². The van der Waals surface area contributed by atoms with Crippen LogP contribution in [0.5, 0.6) is 0 Å². The van der Waals surface area contributed by atoms with Crippen LogP contribution in [0.15, 0.2) is 0 Å². The topological polar surface area (TPSA) is 52.6 Å². The molecule has 1 heterocycles.